The molecule has 0 aliphatic rings. The van der Waals surface area contributed by atoms with Gasteiger partial charge in [-0.25, -0.2) is 4.79 Å². The molecule has 3 rings (SSSR count). The van der Waals surface area contributed by atoms with E-state index in [0.29, 0.717) is 23.2 Å². The van der Waals surface area contributed by atoms with E-state index in [1.165, 1.54) is 4.88 Å². The summed E-state index contributed by atoms with van der Waals surface area (Å²) < 4.78 is 4.97. The lowest BCUT2D eigenvalue weighted by atomic mass is 10.1. The summed E-state index contributed by atoms with van der Waals surface area (Å²) in [4.78, 5) is 26.9. The fourth-order valence-corrected chi connectivity index (χ4v) is 3.04. The third-order valence-electron chi connectivity index (χ3n) is 3.36. The highest BCUT2D eigenvalue weighted by atomic mass is 32.1. The number of carbonyl (C=O) groups excluding carboxylic acids is 1. The number of hydrogen-bond donors (Lipinski definition) is 2. The summed E-state index contributed by atoms with van der Waals surface area (Å²) in [5.74, 6) is -0.518. The van der Waals surface area contributed by atoms with Gasteiger partial charge in [-0.3, -0.25) is 9.78 Å². The zero-order chi connectivity index (χ0) is 15.4. The molecule has 0 radical (unpaired) electrons. The van der Waals surface area contributed by atoms with Gasteiger partial charge in [-0.05, 0) is 42.8 Å². The van der Waals surface area contributed by atoms with E-state index in [0.717, 1.165) is 19.3 Å². The van der Waals surface area contributed by atoms with Crippen molar-refractivity contribution in [3.63, 3.8) is 0 Å². The molecule has 0 fully saturated rings. The lowest BCUT2D eigenvalue weighted by Gasteiger charge is -2.04. The predicted octanol–water partition coefficient (Wildman–Crippen LogP) is 3.53. The number of rotatable bonds is 6. The van der Waals surface area contributed by atoms with Crippen LogP contribution in [0.2, 0.25) is 0 Å². The average molecular weight is 316 g/mol. The molecular weight excluding hydrogens is 300 g/mol. The number of fused-ring (bicyclic) bond motifs is 1. The van der Waals surface area contributed by atoms with Gasteiger partial charge in [0.2, 0.25) is 5.91 Å². The van der Waals surface area contributed by atoms with Crippen molar-refractivity contribution in [2.45, 2.75) is 25.7 Å². The lowest BCUT2D eigenvalue weighted by molar-refractivity contribution is -0.116. The minimum absolute atomic E-state index is 0.0246. The molecule has 2 aromatic heterocycles. The fraction of sp³-hybridized carbons (Fsp3) is 0.250. The van der Waals surface area contributed by atoms with Crippen molar-refractivity contribution in [1.82, 2.24) is 4.98 Å². The maximum absolute atomic E-state index is 11.9. The van der Waals surface area contributed by atoms with Gasteiger partial charge in [-0.2, -0.15) is 0 Å². The van der Waals surface area contributed by atoms with Crippen LogP contribution >= 0.6 is 11.3 Å². The van der Waals surface area contributed by atoms with Gasteiger partial charge in [0.1, 0.15) is 0 Å². The molecule has 0 saturated heterocycles. The number of aromatic amines is 1. The molecule has 22 heavy (non-hydrogen) atoms. The summed E-state index contributed by atoms with van der Waals surface area (Å²) in [6, 6.07) is 9.27. The number of nitrogens with one attached hydrogen (secondary N) is 2. The monoisotopic (exact) mass is 316 g/mol. The van der Waals surface area contributed by atoms with Crippen molar-refractivity contribution in [2.75, 3.05) is 5.32 Å². The molecule has 1 amide bonds. The van der Waals surface area contributed by atoms with Crippen molar-refractivity contribution >= 4 is 34.0 Å². The van der Waals surface area contributed by atoms with Crippen LogP contribution in [0.3, 0.4) is 0 Å². The summed E-state index contributed by atoms with van der Waals surface area (Å²) in [5.41, 5.74) is 1.71. The first-order valence-corrected chi connectivity index (χ1v) is 8.04. The van der Waals surface area contributed by atoms with Crippen molar-refractivity contribution in [3.05, 3.63) is 51.1 Å². The lowest BCUT2D eigenvalue weighted by Crippen LogP contribution is -2.11. The SMILES string of the molecule is O=C(CCCCc1cccs1)Nc1ccc2[nH]c(=O)oc2c1. The Morgan fingerprint density at radius 2 is 2.18 bits per heavy atom. The van der Waals surface area contributed by atoms with Gasteiger partial charge in [-0.1, -0.05) is 6.07 Å². The third kappa shape index (κ3) is 3.65. The number of oxazole rings is 1. The second kappa shape index (κ2) is 6.62. The Balaban J connectivity index is 1.48. The van der Waals surface area contributed by atoms with E-state index < -0.39 is 5.76 Å². The van der Waals surface area contributed by atoms with E-state index in [4.69, 9.17) is 4.42 Å². The Morgan fingerprint density at radius 1 is 1.27 bits per heavy atom. The number of hydrogen-bond acceptors (Lipinski definition) is 4. The summed E-state index contributed by atoms with van der Waals surface area (Å²) in [6.45, 7) is 0. The first kappa shape index (κ1) is 14.6. The fourth-order valence-electron chi connectivity index (χ4n) is 2.29. The zero-order valence-corrected chi connectivity index (χ0v) is 12.7. The molecule has 0 bridgehead atoms. The molecule has 6 heteroatoms. The van der Waals surface area contributed by atoms with Crippen molar-refractivity contribution in [1.29, 1.82) is 0 Å². The number of aryl methyl sites for hydroxylation is 1. The topological polar surface area (TPSA) is 75.1 Å². The quantitative estimate of drug-likeness (QED) is 0.683. The smallest absolute Gasteiger partial charge is 0.408 e. The van der Waals surface area contributed by atoms with Crippen LogP contribution in [0.25, 0.3) is 11.1 Å². The molecule has 0 spiro atoms. The van der Waals surface area contributed by atoms with Crippen LogP contribution in [-0.2, 0) is 11.2 Å². The third-order valence-corrected chi connectivity index (χ3v) is 4.30. The molecule has 0 saturated carbocycles. The number of thiophene rings is 1. The van der Waals surface area contributed by atoms with Crippen LogP contribution in [-0.4, -0.2) is 10.9 Å². The summed E-state index contributed by atoms with van der Waals surface area (Å²) in [7, 11) is 0. The highest BCUT2D eigenvalue weighted by molar-refractivity contribution is 7.09. The molecular formula is C16H16N2O3S. The molecule has 1 aromatic carbocycles. The Kier molecular flexibility index (Phi) is 4.39. The normalized spacial score (nSPS) is 10.9. The number of anilines is 1. The van der Waals surface area contributed by atoms with Gasteiger partial charge >= 0.3 is 5.76 Å². The number of aromatic nitrogens is 1. The standard InChI is InChI=1S/C16H16N2O3S/c19-15(6-2-1-4-12-5-3-9-22-12)17-11-7-8-13-14(10-11)21-16(20)18-13/h3,5,7-10H,1-2,4,6H2,(H,17,19)(H,18,20). The van der Waals surface area contributed by atoms with Gasteiger partial charge < -0.3 is 9.73 Å². The highest BCUT2D eigenvalue weighted by Crippen LogP contribution is 2.17. The molecule has 2 heterocycles. The van der Waals surface area contributed by atoms with Crippen molar-refractivity contribution in [3.8, 4) is 0 Å². The Labute approximate surface area is 131 Å². The Hall–Kier alpha value is -2.34. The van der Waals surface area contributed by atoms with Crippen molar-refractivity contribution < 1.29 is 9.21 Å². The van der Waals surface area contributed by atoms with Crippen LogP contribution < -0.4 is 11.1 Å². The first-order chi connectivity index (χ1) is 10.7. The number of benzene rings is 1. The van der Waals surface area contributed by atoms with E-state index in [1.54, 1.807) is 29.5 Å². The van der Waals surface area contributed by atoms with E-state index in [-0.39, 0.29) is 5.91 Å². The van der Waals surface area contributed by atoms with Crippen LogP contribution in [0.1, 0.15) is 24.1 Å². The van der Waals surface area contributed by atoms with Crippen LogP contribution in [0.4, 0.5) is 5.69 Å². The van der Waals surface area contributed by atoms with E-state index in [2.05, 4.69) is 21.7 Å². The van der Waals surface area contributed by atoms with Gasteiger partial charge in [0.05, 0.1) is 5.52 Å². The molecule has 0 atom stereocenters. The highest BCUT2D eigenvalue weighted by Gasteiger charge is 2.06. The molecule has 0 aliphatic heterocycles. The number of unbranched alkanes of at least 4 members (excludes halogenated alkanes) is 1. The first-order valence-electron chi connectivity index (χ1n) is 7.16. The van der Waals surface area contributed by atoms with E-state index >= 15 is 0 Å². The largest absolute Gasteiger partial charge is 0.417 e. The Morgan fingerprint density at radius 3 is 3.00 bits per heavy atom. The number of H-pyrrole nitrogens is 1. The minimum atomic E-state index is -0.493. The van der Waals surface area contributed by atoms with E-state index in [9.17, 15) is 9.59 Å². The molecule has 114 valence electrons. The van der Waals surface area contributed by atoms with Crippen LogP contribution in [0.15, 0.2) is 44.9 Å². The minimum Gasteiger partial charge on any atom is -0.408 e. The zero-order valence-electron chi connectivity index (χ0n) is 11.9. The maximum Gasteiger partial charge on any atom is 0.417 e. The second-order valence-corrected chi connectivity index (χ2v) is 6.09. The summed E-state index contributed by atoms with van der Waals surface area (Å²) in [6.07, 6.45) is 3.36. The summed E-state index contributed by atoms with van der Waals surface area (Å²) >= 11 is 1.75. The van der Waals surface area contributed by atoms with Gasteiger partial charge in [0.15, 0.2) is 5.58 Å². The van der Waals surface area contributed by atoms with Crippen molar-refractivity contribution in [2.24, 2.45) is 0 Å². The van der Waals surface area contributed by atoms with E-state index in [1.807, 2.05) is 6.07 Å². The molecule has 2 N–H and O–H groups in total. The maximum atomic E-state index is 11.9. The molecule has 5 nitrogen and oxygen atoms in total. The van der Waals surface area contributed by atoms with Gasteiger partial charge in [-0.15, -0.1) is 11.3 Å². The number of amides is 1. The number of carbonyl (C=O) groups is 1. The van der Waals surface area contributed by atoms with Gasteiger partial charge in [0.25, 0.3) is 0 Å². The Bertz CT molecular complexity index is 817. The predicted molar refractivity (Wildman–Crippen MR) is 87.3 cm³/mol. The molecule has 0 aliphatic carbocycles. The van der Waals surface area contributed by atoms with Crippen LogP contribution in [0, 0.1) is 0 Å². The van der Waals surface area contributed by atoms with Crippen LogP contribution in [0.5, 0.6) is 0 Å². The molecule has 0 unspecified atom stereocenters. The second-order valence-electron chi connectivity index (χ2n) is 5.06. The average Bonchev–Trinajstić information content (AvgIpc) is 3.11. The van der Waals surface area contributed by atoms with Gasteiger partial charge in [0, 0.05) is 23.1 Å². The summed E-state index contributed by atoms with van der Waals surface area (Å²) in [5, 5.41) is 4.89. The molecule has 3 aromatic rings.